The summed E-state index contributed by atoms with van der Waals surface area (Å²) in [6.07, 6.45) is -0.749. The van der Waals surface area contributed by atoms with Gasteiger partial charge in [-0.25, -0.2) is 18.9 Å². The molecule has 0 saturated carbocycles. The topological polar surface area (TPSA) is 113 Å². The summed E-state index contributed by atoms with van der Waals surface area (Å²) in [5.41, 5.74) is 1.85. The van der Waals surface area contributed by atoms with Crippen LogP contribution in [0.2, 0.25) is 0 Å². The highest BCUT2D eigenvalue weighted by molar-refractivity contribution is 8.00. The van der Waals surface area contributed by atoms with E-state index in [9.17, 15) is 14.0 Å². The van der Waals surface area contributed by atoms with Gasteiger partial charge in [-0.3, -0.25) is 4.79 Å². The monoisotopic (exact) mass is 770 g/mol. The largest absolute Gasteiger partial charge is 0.482 e. The molecule has 10 nitrogen and oxygen atoms in total. The van der Waals surface area contributed by atoms with Crippen molar-refractivity contribution >= 4 is 35.4 Å². The van der Waals surface area contributed by atoms with E-state index in [1.165, 1.54) is 28.8 Å². The van der Waals surface area contributed by atoms with Crippen molar-refractivity contribution in [1.82, 2.24) is 4.90 Å². The van der Waals surface area contributed by atoms with E-state index in [1.54, 1.807) is 57.2 Å². The Morgan fingerprint density at radius 3 is 2.15 bits per heavy atom. The lowest BCUT2D eigenvalue weighted by molar-refractivity contribution is -0.295. The molecule has 3 atom stereocenters. The summed E-state index contributed by atoms with van der Waals surface area (Å²) in [5, 5.41) is 2.47. The molecule has 6 rings (SSSR count). The number of ether oxygens (including phenoxy) is 5. The second-order valence-corrected chi connectivity index (χ2v) is 16.5. The molecule has 1 N–H and O–H groups in total. The van der Waals surface area contributed by atoms with Crippen LogP contribution in [0.5, 0.6) is 5.75 Å². The third kappa shape index (κ3) is 10.0. The molecule has 4 aromatic carbocycles. The molecule has 290 valence electrons. The molecule has 55 heavy (non-hydrogen) atoms. The first-order valence-electron chi connectivity index (χ1n) is 18.2. The SMILES string of the molecule is CC1(C)COC(CSC(C(=O)N2C(=O)OCC2c2ccccc2)C(Nc2ccc(F)cc2)c2ccc(OCC(=O)OC(C)(C)C)cc2)(c2ccccc2)OC1. The van der Waals surface area contributed by atoms with Gasteiger partial charge in [-0.15, -0.1) is 11.8 Å². The van der Waals surface area contributed by atoms with Crippen LogP contribution >= 0.6 is 11.8 Å². The first-order valence-corrected chi connectivity index (χ1v) is 19.2. The molecule has 0 radical (unpaired) electrons. The quantitative estimate of drug-likeness (QED) is 0.133. The van der Waals surface area contributed by atoms with Crippen LogP contribution < -0.4 is 10.1 Å². The molecule has 3 unspecified atom stereocenters. The van der Waals surface area contributed by atoms with Gasteiger partial charge in [0, 0.05) is 16.7 Å². The molecule has 2 fully saturated rings. The van der Waals surface area contributed by atoms with E-state index in [-0.39, 0.29) is 24.4 Å². The molecular formula is C43H47FN2O8S. The Morgan fingerprint density at radius 2 is 1.53 bits per heavy atom. The van der Waals surface area contributed by atoms with Crippen molar-refractivity contribution in [2.45, 2.75) is 63.3 Å². The second-order valence-electron chi connectivity index (χ2n) is 15.4. The highest BCUT2D eigenvalue weighted by Gasteiger charge is 2.48. The van der Waals surface area contributed by atoms with E-state index in [2.05, 4.69) is 19.2 Å². The number of nitrogens with zero attached hydrogens (tertiary/aromatic N) is 1. The van der Waals surface area contributed by atoms with Crippen LogP contribution in [-0.2, 0) is 34.3 Å². The maximum absolute atomic E-state index is 15.1. The van der Waals surface area contributed by atoms with Crippen LogP contribution in [0.4, 0.5) is 14.9 Å². The highest BCUT2D eigenvalue weighted by Crippen LogP contribution is 2.43. The first-order chi connectivity index (χ1) is 26.2. The number of hydrogen-bond acceptors (Lipinski definition) is 10. The number of esters is 1. The molecule has 0 aliphatic carbocycles. The Bertz CT molecular complexity index is 1910. The second kappa shape index (κ2) is 16.8. The van der Waals surface area contributed by atoms with E-state index in [0.717, 1.165) is 11.1 Å². The Kier molecular flexibility index (Phi) is 12.2. The van der Waals surface area contributed by atoms with Gasteiger partial charge in [-0.2, -0.15) is 0 Å². The molecule has 2 amide bonds. The van der Waals surface area contributed by atoms with Crippen LogP contribution in [-0.4, -0.2) is 65.9 Å². The van der Waals surface area contributed by atoms with Gasteiger partial charge in [-0.05, 0) is 68.3 Å². The van der Waals surface area contributed by atoms with E-state index in [0.29, 0.717) is 30.2 Å². The van der Waals surface area contributed by atoms with E-state index in [1.807, 2.05) is 60.7 Å². The summed E-state index contributed by atoms with van der Waals surface area (Å²) in [6, 6.07) is 30.2. The number of imide groups is 1. The zero-order chi connectivity index (χ0) is 39.2. The molecule has 4 aromatic rings. The van der Waals surface area contributed by atoms with Crippen LogP contribution in [0.25, 0.3) is 0 Å². The number of benzene rings is 4. The van der Waals surface area contributed by atoms with Crippen molar-refractivity contribution in [1.29, 1.82) is 0 Å². The van der Waals surface area contributed by atoms with E-state index >= 15 is 4.79 Å². The van der Waals surface area contributed by atoms with Crippen LogP contribution in [0.15, 0.2) is 109 Å². The smallest absolute Gasteiger partial charge is 0.417 e. The summed E-state index contributed by atoms with van der Waals surface area (Å²) >= 11 is 1.29. The minimum absolute atomic E-state index is 0.000965. The van der Waals surface area contributed by atoms with Gasteiger partial charge in [0.15, 0.2) is 6.61 Å². The standard InChI is InChI=1S/C43H47FN2O8S/c1-41(2,3)54-36(47)25-50-34-22-16-30(17-23-34)37(45-33-20-18-32(44)19-21-33)38(39(48)46-35(24-51-40(46)49)29-12-8-6-9-13-29)55-28-43(31-14-10-7-11-15-31)52-26-42(4,5)27-53-43/h6-23,35,37-38,45H,24-28H2,1-5H3. The lowest BCUT2D eigenvalue weighted by Crippen LogP contribution is -2.49. The number of carbonyl (C=O) groups is 3. The fraction of sp³-hybridized carbons (Fsp3) is 0.372. The zero-order valence-corrected chi connectivity index (χ0v) is 32.5. The third-order valence-corrected chi connectivity index (χ3v) is 10.5. The molecule has 2 aliphatic heterocycles. The third-order valence-electron chi connectivity index (χ3n) is 9.08. The number of anilines is 1. The van der Waals surface area contributed by atoms with E-state index in [4.69, 9.17) is 23.7 Å². The summed E-state index contributed by atoms with van der Waals surface area (Å²) in [6.45, 7) is 10.0. The number of rotatable bonds is 13. The summed E-state index contributed by atoms with van der Waals surface area (Å²) in [5.74, 6) is -2.04. The maximum atomic E-state index is 15.1. The minimum atomic E-state index is -1.20. The highest BCUT2D eigenvalue weighted by atomic mass is 32.2. The molecule has 0 spiro atoms. The molecular weight excluding hydrogens is 724 g/mol. The van der Waals surface area contributed by atoms with Gasteiger partial charge in [0.1, 0.15) is 35.1 Å². The van der Waals surface area contributed by atoms with Crippen molar-refractivity contribution in [3.8, 4) is 5.75 Å². The van der Waals surface area contributed by atoms with Crippen LogP contribution in [0, 0.1) is 11.2 Å². The Hall–Kier alpha value is -4.91. The van der Waals surface area contributed by atoms with Crippen LogP contribution in [0.1, 0.15) is 63.4 Å². The minimum Gasteiger partial charge on any atom is -0.482 e. The molecule has 2 saturated heterocycles. The molecule has 12 heteroatoms. The van der Waals surface area contributed by atoms with Crippen molar-refractivity contribution in [2.24, 2.45) is 5.41 Å². The van der Waals surface area contributed by atoms with Crippen molar-refractivity contribution in [3.05, 3.63) is 132 Å². The van der Waals surface area contributed by atoms with Crippen LogP contribution in [0.3, 0.4) is 0 Å². The Morgan fingerprint density at radius 1 is 0.909 bits per heavy atom. The molecule has 0 bridgehead atoms. The number of halogens is 1. The summed E-state index contributed by atoms with van der Waals surface area (Å²) < 4.78 is 43.9. The summed E-state index contributed by atoms with van der Waals surface area (Å²) in [7, 11) is 0. The zero-order valence-electron chi connectivity index (χ0n) is 31.7. The fourth-order valence-corrected chi connectivity index (χ4v) is 7.72. The van der Waals surface area contributed by atoms with Gasteiger partial charge in [0.05, 0.1) is 25.0 Å². The number of nitrogens with one attached hydrogen (secondary N) is 1. The Balaban J connectivity index is 1.39. The van der Waals surface area contributed by atoms with Gasteiger partial charge >= 0.3 is 12.1 Å². The van der Waals surface area contributed by atoms with E-state index < -0.39 is 52.5 Å². The lowest BCUT2D eigenvalue weighted by atomic mass is 9.93. The van der Waals surface area contributed by atoms with Gasteiger partial charge in [0.2, 0.25) is 11.7 Å². The number of amides is 2. The fourth-order valence-electron chi connectivity index (χ4n) is 6.31. The number of carbonyl (C=O) groups excluding carboxylic acids is 3. The van der Waals surface area contributed by atoms with Crippen molar-refractivity contribution in [2.75, 3.05) is 37.5 Å². The van der Waals surface area contributed by atoms with Gasteiger partial charge in [0.25, 0.3) is 0 Å². The summed E-state index contributed by atoms with van der Waals surface area (Å²) in [4.78, 5) is 42.2. The first kappa shape index (κ1) is 39.8. The molecule has 2 heterocycles. The predicted octanol–water partition coefficient (Wildman–Crippen LogP) is 8.45. The number of cyclic esters (lactones) is 1. The van der Waals surface area contributed by atoms with Gasteiger partial charge in [-0.1, -0.05) is 86.6 Å². The predicted molar refractivity (Wildman–Crippen MR) is 208 cm³/mol. The number of thioether (sulfide) groups is 1. The maximum Gasteiger partial charge on any atom is 0.417 e. The van der Waals surface area contributed by atoms with Crippen molar-refractivity contribution < 1.29 is 42.5 Å². The molecule has 2 aliphatic rings. The van der Waals surface area contributed by atoms with Crippen molar-refractivity contribution in [3.63, 3.8) is 0 Å². The van der Waals surface area contributed by atoms with Gasteiger partial charge < -0.3 is 29.0 Å². The number of hydrogen-bond donors (Lipinski definition) is 1. The molecule has 0 aromatic heterocycles. The Labute approximate surface area is 325 Å². The lowest BCUT2D eigenvalue weighted by Gasteiger charge is -2.44. The average molecular weight is 771 g/mol. The average Bonchev–Trinajstić information content (AvgIpc) is 3.56. The normalized spacial score (nSPS) is 18.8.